The Bertz CT molecular complexity index is 2520. The number of nitrogens with one attached hydrogen (secondary N) is 3. The molecule has 0 saturated carbocycles. The van der Waals surface area contributed by atoms with Crippen LogP contribution in [0.5, 0.6) is 0 Å². The second kappa shape index (κ2) is 24.7. The molecular weight excluding hydrogens is 936 g/mol. The van der Waals surface area contributed by atoms with Crippen LogP contribution in [-0.4, -0.2) is 129 Å². The van der Waals surface area contributed by atoms with E-state index in [2.05, 4.69) is 36.0 Å². The maximum atomic E-state index is 14.0. The quantitative estimate of drug-likeness (QED) is 0.0346. The predicted octanol–water partition coefficient (Wildman–Crippen LogP) is 6.86. The first-order chi connectivity index (χ1) is 33.4. The van der Waals surface area contributed by atoms with Crippen molar-refractivity contribution in [3.63, 3.8) is 0 Å². The fraction of sp³-hybridized carbons (Fsp3) is 0.500. The van der Waals surface area contributed by atoms with E-state index in [4.69, 9.17) is 18.6 Å². The highest BCUT2D eigenvalue weighted by Gasteiger charge is 2.43. The number of aliphatic hydroxyl groups is 1. The number of alkyl halides is 3. The molecule has 5 aromatic rings. The molecule has 1 fully saturated rings. The van der Waals surface area contributed by atoms with Gasteiger partial charge in [-0.3, -0.25) is 23.9 Å². The van der Waals surface area contributed by atoms with Gasteiger partial charge < -0.3 is 44.6 Å². The van der Waals surface area contributed by atoms with E-state index in [9.17, 15) is 37.5 Å². The molecule has 4 aromatic heterocycles. The summed E-state index contributed by atoms with van der Waals surface area (Å²) in [7, 11) is 1.60. The number of pyridine rings is 1. The molecule has 0 spiro atoms. The number of amides is 3. The van der Waals surface area contributed by atoms with E-state index in [0.717, 1.165) is 28.0 Å². The summed E-state index contributed by atoms with van der Waals surface area (Å²) in [6, 6.07) is 9.95. The van der Waals surface area contributed by atoms with Crippen molar-refractivity contribution in [2.45, 2.75) is 84.7 Å². The van der Waals surface area contributed by atoms with E-state index in [1.54, 1.807) is 18.4 Å². The lowest BCUT2D eigenvalue weighted by molar-refractivity contribution is -0.145. The number of thiazole rings is 1. The van der Waals surface area contributed by atoms with Crippen molar-refractivity contribution < 1.29 is 56.1 Å². The first-order valence-corrected chi connectivity index (χ1v) is 23.8. The van der Waals surface area contributed by atoms with Crippen molar-refractivity contribution in [2.24, 2.45) is 18.4 Å². The zero-order chi connectivity index (χ0) is 50.4. The molecule has 0 bridgehead atoms. The summed E-state index contributed by atoms with van der Waals surface area (Å²) in [5.74, 6) is -1.92. The first kappa shape index (κ1) is 53.3. The van der Waals surface area contributed by atoms with E-state index < -0.39 is 42.1 Å². The monoisotopic (exact) mass is 995 g/mol. The minimum absolute atomic E-state index is 0.0199. The van der Waals surface area contributed by atoms with Gasteiger partial charge in [0.05, 0.1) is 54.3 Å². The average Bonchev–Trinajstić information content (AvgIpc) is 4.14. The minimum Gasteiger partial charge on any atom is -0.444 e. The third kappa shape index (κ3) is 15.5. The number of hydrogen-bond donors (Lipinski definition) is 4. The maximum absolute atomic E-state index is 14.0. The van der Waals surface area contributed by atoms with E-state index in [1.807, 2.05) is 57.5 Å². The summed E-state index contributed by atoms with van der Waals surface area (Å²) < 4.78 is 61.7. The van der Waals surface area contributed by atoms with Gasteiger partial charge in [0, 0.05) is 70.1 Å². The van der Waals surface area contributed by atoms with E-state index in [0.29, 0.717) is 64.4 Å². The third-order valence-corrected chi connectivity index (χ3v) is 12.4. The lowest BCUT2D eigenvalue weighted by atomic mass is 9.77. The van der Waals surface area contributed by atoms with Crippen LogP contribution in [-0.2, 0) is 37.4 Å². The number of Topliss-reactive ketones (excluding diaryl/α,β-unsaturated/α-hetero) is 1. The van der Waals surface area contributed by atoms with Crippen molar-refractivity contribution in [2.75, 3.05) is 63.4 Å². The minimum atomic E-state index is -4.44. The number of hydrogen-bond acceptors (Lipinski definition) is 15. The molecule has 1 aliphatic rings. The van der Waals surface area contributed by atoms with Gasteiger partial charge in [0.2, 0.25) is 17.7 Å². The predicted molar refractivity (Wildman–Crippen MR) is 254 cm³/mol. The van der Waals surface area contributed by atoms with Crippen molar-refractivity contribution in [3.8, 4) is 21.9 Å². The van der Waals surface area contributed by atoms with Crippen LogP contribution < -0.4 is 16.0 Å². The molecule has 1 aliphatic heterocycles. The van der Waals surface area contributed by atoms with Crippen LogP contribution in [0.4, 0.5) is 24.7 Å². The summed E-state index contributed by atoms with van der Waals surface area (Å²) in [5, 5.41) is 22.5. The van der Waals surface area contributed by atoms with Gasteiger partial charge in [-0.1, -0.05) is 45.0 Å². The smallest absolute Gasteiger partial charge is 0.405 e. The number of anilines is 2. The summed E-state index contributed by atoms with van der Waals surface area (Å²) in [6.45, 7) is 9.07. The van der Waals surface area contributed by atoms with Crippen molar-refractivity contribution in [1.29, 1.82) is 0 Å². The Hall–Kier alpha value is -6.07. The molecule has 18 nitrogen and oxygen atoms in total. The summed E-state index contributed by atoms with van der Waals surface area (Å²) in [5.41, 5.74) is 4.76. The lowest BCUT2D eigenvalue weighted by Crippen LogP contribution is -2.49. The second-order valence-corrected chi connectivity index (χ2v) is 18.8. The average molecular weight is 996 g/mol. The Labute approximate surface area is 407 Å². The van der Waals surface area contributed by atoms with Gasteiger partial charge in [-0.2, -0.15) is 18.3 Å². The number of ketones is 1. The molecular formula is C48H60F3N9O9S. The molecule has 1 aromatic carbocycles. The number of carbonyl (C=O) groups is 4. The van der Waals surface area contributed by atoms with E-state index in [1.165, 1.54) is 34.1 Å². The topological polar surface area (TPSA) is 225 Å². The number of nitrogens with zero attached hydrogens (tertiary/aromatic N) is 6. The number of β-amino-alcohol motifs (C(OH)–C–C–N with tert-alkyl or cyclic N) is 1. The number of aryl methyl sites for hydroxylation is 2. The van der Waals surface area contributed by atoms with Crippen LogP contribution >= 0.6 is 11.3 Å². The number of benzene rings is 1. The molecule has 0 aliphatic carbocycles. The molecule has 0 radical (unpaired) electrons. The second-order valence-electron chi connectivity index (χ2n) is 18.0. The third-order valence-electron chi connectivity index (χ3n) is 11.4. The zero-order valence-corrected chi connectivity index (χ0v) is 40.7. The highest BCUT2D eigenvalue weighted by Crippen LogP contribution is 2.34. The molecule has 70 heavy (non-hydrogen) atoms. The Kier molecular flexibility index (Phi) is 18.8. The van der Waals surface area contributed by atoms with Crippen LogP contribution in [0.15, 0.2) is 65.0 Å². The molecule has 3 amide bonds. The van der Waals surface area contributed by atoms with Crippen molar-refractivity contribution in [3.05, 3.63) is 83.2 Å². The molecule has 6 rings (SSSR count). The number of likely N-dealkylation sites (tertiary alicyclic amines) is 1. The number of rotatable bonds is 25. The highest BCUT2D eigenvalue weighted by molar-refractivity contribution is 7.13. The Morgan fingerprint density at radius 1 is 0.957 bits per heavy atom. The Balaban J connectivity index is 0.834. The zero-order valence-electron chi connectivity index (χ0n) is 39.8. The summed E-state index contributed by atoms with van der Waals surface area (Å²) >= 11 is 1.58. The van der Waals surface area contributed by atoms with Gasteiger partial charge in [0.15, 0.2) is 17.2 Å². The SMILES string of the molecule is Cc1ncsc1-c1ccc(CNC(=O)[C@@H]2C[C@@H](O)CN2C(=O)[C@@H](CCCOCCOCCOCCCC(=O)c2nn(C)cc2NC(=O)c2coc(-c3ccnc(NCC(F)(F)F)c3)n2)C(C)(C)C)cc1. The summed E-state index contributed by atoms with van der Waals surface area (Å²) in [4.78, 5) is 68.5. The van der Waals surface area contributed by atoms with Crippen molar-refractivity contribution >= 4 is 46.3 Å². The van der Waals surface area contributed by atoms with Gasteiger partial charge >= 0.3 is 6.18 Å². The van der Waals surface area contributed by atoms with Crippen molar-refractivity contribution in [1.82, 2.24) is 34.9 Å². The summed E-state index contributed by atoms with van der Waals surface area (Å²) in [6.07, 6.45) is 0.434. The van der Waals surface area contributed by atoms with Crippen LogP contribution in [0.3, 0.4) is 0 Å². The fourth-order valence-electron chi connectivity index (χ4n) is 7.81. The van der Waals surface area contributed by atoms with Crippen LogP contribution in [0.25, 0.3) is 21.9 Å². The first-order valence-electron chi connectivity index (χ1n) is 23.0. The standard InChI is InChI=1S/C48H60F3N9O9S/c1-30-42(70-29-55-30)32-12-10-31(11-13-32)24-53-44(64)38-23-34(61)25-60(38)46(65)35(47(2,3)4)8-6-16-66-18-20-68-21-19-67-17-7-9-39(62)41-36(26-59(5)58-41)56-43(63)37-27-69-45(57-37)33-14-15-52-40(22-33)54-28-48(49,50)51/h10-15,22,26-27,29,34-35,38,61H,6-9,16-21,23-25,28H2,1-5H3,(H,52,54)(H,53,64)(H,56,63)/t34-,35-,38+/m1/s1. The number of ether oxygens (including phenoxy) is 3. The maximum Gasteiger partial charge on any atom is 0.405 e. The molecule has 378 valence electrons. The van der Waals surface area contributed by atoms with E-state index >= 15 is 0 Å². The van der Waals surface area contributed by atoms with Gasteiger partial charge in [0.25, 0.3) is 5.91 Å². The number of aromatic nitrogens is 5. The Morgan fingerprint density at radius 3 is 2.33 bits per heavy atom. The molecule has 0 unspecified atom stereocenters. The largest absolute Gasteiger partial charge is 0.444 e. The van der Waals surface area contributed by atoms with Gasteiger partial charge in [-0.05, 0) is 54.9 Å². The van der Waals surface area contributed by atoms with Gasteiger partial charge in [-0.15, -0.1) is 11.3 Å². The number of oxazole rings is 1. The fourth-order valence-corrected chi connectivity index (χ4v) is 8.62. The number of aliphatic hydroxyl groups excluding tert-OH is 1. The van der Waals surface area contributed by atoms with Crippen LogP contribution in [0, 0.1) is 18.3 Å². The lowest BCUT2D eigenvalue weighted by Gasteiger charge is -2.35. The molecule has 5 heterocycles. The molecule has 22 heteroatoms. The van der Waals surface area contributed by atoms with Crippen LogP contribution in [0.1, 0.15) is 85.1 Å². The molecule has 4 N–H and O–H groups in total. The molecule has 3 atom stereocenters. The number of halogens is 3. The van der Waals surface area contributed by atoms with Gasteiger partial charge in [-0.25, -0.2) is 15.0 Å². The van der Waals surface area contributed by atoms with E-state index in [-0.39, 0.29) is 72.4 Å². The number of carbonyl (C=O) groups excluding carboxylic acids is 4. The van der Waals surface area contributed by atoms with Crippen LogP contribution in [0.2, 0.25) is 0 Å². The highest BCUT2D eigenvalue weighted by atomic mass is 32.1. The molecule has 1 saturated heterocycles. The van der Waals surface area contributed by atoms with Gasteiger partial charge in [0.1, 0.15) is 24.7 Å². The Morgan fingerprint density at radius 2 is 1.66 bits per heavy atom. The normalized spacial score (nSPS) is 15.5.